The topological polar surface area (TPSA) is 21.3 Å². The van der Waals surface area contributed by atoms with E-state index >= 15 is 0 Å². The molecular weight excluding hydrogens is 717 g/mol. The quantitative estimate of drug-likeness (QED) is 0.169. The fourth-order valence-corrected chi connectivity index (χ4v) is 9.17. The van der Waals surface area contributed by atoms with Gasteiger partial charge in [0.2, 0.25) is 0 Å². The normalized spacial score (nSPS) is 11.7. The molecule has 59 heavy (non-hydrogen) atoms. The van der Waals surface area contributed by atoms with Gasteiger partial charge in [-0.25, -0.2) is 0 Å². The molecule has 0 aliphatic rings. The molecule has 0 unspecified atom stereocenters. The minimum absolute atomic E-state index is 0.879. The highest BCUT2D eigenvalue weighted by Crippen LogP contribution is 2.42. The second kappa shape index (κ2) is 13.4. The van der Waals surface area contributed by atoms with Gasteiger partial charge in [0.15, 0.2) is 0 Å². The smallest absolute Gasteiger partial charge is 0.143 e. The lowest BCUT2D eigenvalue weighted by Crippen LogP contribution is -2.09. The van der Waals surface area contributed by atoms with Gasteiger partial charge in [0.05, 0.1) is 11.0 Å². The summed E-state index contributed by atoms with van der Waals surface area (Å²) in [7, 11) is 0. The Morgan fingerprint density at radius 2 is 0.915 bits per heavy atom. The lowest BCUT2D eigenvalue weighted by molar-refractivity contribution is 0.672. The van der Waals surface area contributed by atoms with Crippen LogP contribution in [0, 0.1) is 0 Å². The van der Waals surface area contributed by atoms with Gasteiger partial charge in [-0.2, -0.15) is 0 Å². The Labute approximate surface area is 341 Å². The van der Waals surface area contributed by atoms with Crippen LogP contribution in [-0.2, 0) is 0 Å². The lowest BCUT2D eigenvalue weighted by Gasteiger charge is -2.26. The summed E-state index contributed by atoms with van der Waals surface area (Å²) >= 11 is 0. The van der Waals surface area contributed by atoms with E-state index < -0.39 is 0 Å². The Kier molecular flexibility index (Phi) is 7.54. The number of hydrogen-bond donors (Lipinski definition) is 0. The van der Waals surface area contributed by atoms with Crippen molar-refractivity contribution in [1.82, 2.24) is 4.57 Å². The van der Waals surface area contributed by atoms with Gasteiger partial charge in [0, 0.05) is 49.7 Å². The molecule has 0 radical (unpaired) electrons. The van der Waals surface area contributed by atoms with Crippen molar-refractivity contribution < 1.29 is 4.42 Å². The molecule has 0 saturated heterocycles. The molecule has 0 bridgehead atoms. The van der Waals surface area contributed by atoms with E-state index in [1.807, 2.05) is 0 Å². The molecule has 12 rings (SSSR count). The van der Waals surface area contributed by atoms with Crippen molar-refractivity contribution in [2.45, 2.75) is 0 Å². The van der Waals surface area contributed by atoms with Crippen LogP contribution in [0.5, 0.6) is 0 Å². The molecular formula is C56H36N2O. The fourth-order valence-electron chi connectivity index (χ4n) is 9.17. The number of aromatic nitrogens is 1. The first-order valence-electron chi connectivity index (χ1n) is 20.2. The van der Waals surface area contributed by atoms with E-state index in [-0.39, 0.29) is 0 Å². The Bertz CT molecular complexity index is 3500. The van der Waals surface area contributed by atoms with Crippen molar-refractivity contribution in [2.75, 3.05) is 4.90 Å². The van der Waals surface area contributed by atoms with Crippen molar-refractivity contribution in [3.63, 3.8) is 0 Å². The number of fused-ring (bicyclic) bond motifs is 9. The van der Waals surface area contributed by atoms with Crippen LogP contribution < -0.4 is 4.90 Å². The van der Waals surface area contributed by atoms with Gasteiger partial charge in [0.1, 0.15) is 11.2 Å². The summed E-state index contributed by atoms with van der Waals surface area (Å²) in [5.41, 5.74) is 13.3. The Morgan fingerprint density at radius 3 is 1.64 bits per heavy atom. The van der Waals surface area contributed by atoms with E-state index in [0.717, 1.165) is 55.6 Å². The summed E-state index contributed by atoms with van der Waals surface area (Å²) in [6.45, 7) is 0. The average molecular weight is 753 g/mol. The molecule has 276 valence electrons. The summed E-state index contributed by atoms with van der Waals surface area (Å²) in [4.78, 5) is 2.35. The van der Waals surface area contributed by atoms with Crippen LogP contribution in [-0.4, -0.2) is 4.57 Å². The maximum Gasteiger partial charge on any atom is 0.143 e. The largest absolute Gasteiger partial charge is 0.455 e. The van der Waals surface area contributed by atoms with Gasteiger partial charge in [-0.15, -0.1) is 0 Å². The van der Waals surface area contributed by atoms with Crippen molar-refractivity contribution in [1.29, 1.82) is 0 Å². The Morgan fingerprint density at radius 1 is 0.339 bits per heavy atom. The SMILES string of the molecule is c1cc(-c2ccc(N(c3ccc(-c4cccc5ccccc45)cc3)c3ccc4oc5c6ccccc6ccc5c4c3)cc2)cc(-n2c3ccccc3c3ccccc32)c1. The number of anilines is 3. The van der Waals surface area contributed by atoms with Crippen molar-refractivity contribution in [3.05, 3.63) is 218 Å². The molecule has 2 heterocycles. The van der Waals surface area contributed by atoms with E-state index in [1.54, 1.807) is 0 Å². The monoisotopic (exact) mass is 752 g/mol. The summed E-state index contributed by atoms with van der Waals surface area (Å²) in [5, 5.41) is 9.53. The first-order valence-corrected chi connectivity index (χ1v) is 20.2. The first-order chi connectivity index (χ1) is 29.2. The molecule has 0 atom stereocenters. The third-order valence-corrected chi connectivity index (χ3v) is 12.0. The maximum atomic E-state index is 6.54. The summed E-state index contributed by atoms with van der Waals surface area (Å²) in [6, 6.07) is 78.7. The summed E-state index contributed by atoms with van der Waals surface area (Å²) in [6.07, 6.45) is 0. The molecule has 0 spiro atoms. The van der Waals surface area contributed by atoms with E-state index in [4.69, 9.17) is 4.42 Å². The van der Waals surface area contributed by atoms with Crippen LogP contribution in [0.25, 0.3) is 93.2 Å². The molecule has 0 aliphatic carbocycles. The fraction of sp³-hybridized carbons (Fsp3) is 0. The standard InChI is InChI=1S/C56H36N2O/c1-3-16-46-38(11-1)13-10-20-47(46)40-25-30-43(31-26-40)57(45-32-34-55-52(36-45)51-33-27-39-12-2-4-17-48(39)56(51)59-55)42-28-23-37(24-29-42)41-14-9-15-44(35-41)58-53-21-7-5-18-49(53)50-19-6-8-22-54(50)58/h1-36H. The van der Waals surface area contributed by atoms with E-state index in [1.165, 1.54) is 54.7 Å². The van der Waals surface area contributed by atoms with Crippen molar-refractivity contribution >= 4 is 82.4 Å². The third-order valence-electron chi connectivity index (χ3n) is 12.0. The molecule has 3 nitrogen and oxygen atoms in total. The van der Waals surface area contributed by atoms with Crippen molar-refractivity contribution in [2.24, 2.45) is 0 Å². The van der Waals surface area contributed by atoms with Gasteiger partial charge < -0.3 is 13.9 Å². The zero-order valence-electron chi connectivity index (χ0n) is 32.1. The summed E-state index contributed by atoms with van der Waals surface area (Å²) < 4.78 is 8.92. The highest BCUT2D eigenvalue weighted by molar-refractivity contribution is 6.16. The van der Waals surface area contributed by atoms with Gasteiger partial charge in [-0.1, -0.05) is 146 Å². The Balaban J connectivity index is 0.971. The minimum atomic E-state index is 0.879. The van der Waals surface area contributed by atoms with Crippen LogP contribution in [0.15, 0.2) is 223 Å². The average Bonchev–Trinajstić information content (AvgIpc) is 3.85. The molecule has 12 aromatic rings. The van der Waals surface area contributed by atoms with Crippen LogP contribution in [0.2, 0.25) is 0 Å². The lowest BCUT2D eigenvalue weighted by atomic mass is 9.98. The number of hydrogen-bond acceptors (Lipinski definition) is 2. The van der Waals surface area contributed by atoms with Crippen LogP contribution >= 0.6 is 0 Å². The number of furan rings is 1. The maximum absolute atomic E-state index is 6.54. The van der Waals surface area contributed by atoms with E-state index in [2.05, 4.69) is 228 Å². The highest BCUT2D eigenvalue weighted by Gasteiger charge is 2.18. The predicted octanol–water partition coefficient (Wildman–Crippen LogP) is 15.8. The van der Waals surface area contributed by atoms with Gasteiger partial charge >= 0.3 is 0 Å². The molecule has 3 heteroatoms. The molecule has 0 aliphatic heterocycles. The van der Waals surface area contributed by atoms with Crippen molar-refractivity contribution in [3.8, 4) is 27.9 Å². The van der Waals surface area contributed by atoms with Gasteiger partial charge in [-0.05, 0) is 111 Å². The molecule has 0 amide bonds. The molecule has 0 saturated carbocycles. The van der Waals surface area contributed by atoms with Crippen LogP contribution in [0.1, 0.15) is 0 Å². The van der Waals surface area contributed by atoms with Gasteiger partial charge in [-0.3, -0.25) is 0 Å². The summed E-state index contributed by atoms with van der Waals surface area (Å²) in [5.74, 6) is 0. The number of rotatable bonds is 6. The number of para-hydroxylation sites is 2. The third kappa shape index (κ3) is 5.44. The number of benzene rings is 10. The number of nitrogens with zero attached hydrogens (tertiary/aromatic N) is 2. The second-order valence-electron chi connectivity index (χ2n) is 15.3. The van der Waals surface area contributed by atoms with Crippen LogP contribution in [0.3, 0.4) is 0 Å². The molecule has 10 aromatic carbocycles. The van der Waals surface area contributed by atoms with E-state index in [0.29, 0.717) is 0 Å². The zero-order valence-corrected chi connectivity index (χ0v) is 32.1. The first kappa shape index (κ1) is 33.3. The highest BCUT2D eigenvalue weighted by atomic mass is 16.3. The minimum Gasteiger partial charge on any atom is -0.455 e. The van der Waals surface area contributed by atoms with Gasteiger partial charge in [0.25, 0.3) is 0 Å². The molecule has 0 fully saturated rings. The van der Waals surface area contributed by atoms with Crippen LogP contribution in [0.4, 0.5) is 17.1 Å². The zero-order chi connectivity index (χ0) is 38.9. The Hall–Kier alpha value is -7.88. The molecule has 2 aromatic heterocycles. The predicted molar refractivity (Wildman–Crippen MR) is 249 cm³/mol. The molecule has 0 N–H and O–H groups in total. The van der Waals surface area contributed by atoms with E-state index in [9.17, 15) is 0 Å². The second-order valence-corrected chi connectivity index (χ2v) is 15.3.